The lowest BCUT2D eigenvalue weighted by molar-refractivity contribution is -0.121. The van der Waals surface area contributed by atoms with Crippen LogP contribution >= 0.6 is 15.9 Å². The predicted molar refractivity (Wildman–Crippen MR) is 148 cm³/mol. The van der Waals surface area contributed by atoms with Crippen molar-refractivity contribution in [2.75, 3.05) is 57.4 Å². The van der Waals surface area contributed by atoms with Crippen LogP contribution in [0.25, 0.3) is 0 Å². The van der Waals surface area contributed by atoms with Crippen LogP contribution in [0.3, 0.4) is 0 Å². The van der Waals surface area contributed by atoms with Gasteiger partial charge in [-0.1, -0.05) is 12.1 Å². The first-order chi connectivity index (χ1) is 18.3. The Morgan fingerprint density at radius 1 is 1.18 bits per heavy atom. The van der Waals surface area contributed by atoms with Crippen molar-refractivity contribution in [3.8, 4) is 5.88 Å². The van der Waals surface area contributed by atoms with E-state index in [4.69, 9.17) is 9.47 Å². The molecule has 3 aliphatic rings. The largest absolute Gasteiger partial charge is 0.471 e. The number of rotatable bonds is 6. The molecule has 2 saturated heterocycles. The summed E-state index contributed by atoms with van der Waals surface area (Å²) in [7, 11) is 0. The van der Waals surface area contributed by atoms with E-state index < -0.39 is 0 Å². The van der Waals surface area contributed by atoms with E-state index in [9.17, 15) is 9.18 Å². The summed E-state index contributed by atoms with van der Waals surface area (Å²) in [4.78, 5) is 25.2. The van der Waals surface area contributed by atoms with Crippen molar-refractivity contribution >= 4 is 27.5 Å². The van der Waals surface area contributed by atoms with Crippen molar-refractivity contribution < 1.29 is 18.7 Å². The Morgan fingerprint density at radius 2 is 1.97 bits per heavy atom. The maximum Gasteiger partial charge on any atom is 0.241 e. The number of hydrogen-bond donors (Lipinski definition) is 1. The van der Waals surface area contributed by atoms with Gasteiger partial charge in [-0.25, -0.2) is 9.37 Å². The van der Waals surface area contributed by atoms with Gasteiger partial charge in [0.2, 0.25) is 11.8 Å². The molecule has 4 heterocycles. The topological polar surface area (TPSA) is 70.2 Å². The van der Waals surface area contributed by atoms with Crippen molar-refractivity contribution in [3.05, 3.63) is 51.9 Å². The first kappa shape index (κ1) is 27.5. The number of aromatic nitrogens is 1. The molecule has 8 nitrogen and oxygen atoms in total. The fourth-order valence-electron chi connectivity index (χ4n) is 5.52. The molecule has 206 valence electrons. The van der Waals surface area contributed by atoms with E-state index in [0.29, 0.717) is 47.8 Å². The number of carbonyl (C=O) groups is 1. The third-order valence-electron chi connectivity index (χ3n) is 7.66. The molecule has 1 aromatic heterocycles. The number of morpholine rings is 1. The van der Waals surface area contributed by atoms with E-state index in [1.54, 1.807) is 12.1 Å². The molecule has 2 aromatic rings. The number of nitrogens with one attached hydrogen (secondary N) is 1. The summed E-state index contributed by atoms with van der Waals surface area (Å²) >= 11 is 3.57. The standard InChI is InChI=1S/C28H37BrFN5O3/c1-18-13-34(24(12-31-18)15-33-8-9-37-17-19(33)2)16-26(36)35-14-20(3)38-28-25(35)11-22(27(29)32-28)10-21-4-6-23(30)7-5-21/h4-7,11,18-20,24,31H,8-10,12-17H2,1-3H3/t18-,19?,20?,24-/m1/s1. The lowest BCUT2D eigenvalue weighted by atomic mass is 10.1. The second-order valence-electron chi connectivity index (χ2n) is 10.8. The van der Waals surface area contributed by atoms with Crippen LogP contribution in [0.2, 0.25) is 0 Å². The zero-order valence-corrected chi connectivity index (χ0v) is 23.9. The number of piperazine rings is 1. The highest BCUT2D eigenvalue weighted by Crippen LogP contribution is 2.36. The van der Waals surface area contributed by atoms with Crippen molar-refractivity contribution in [1.82, 2.24) is 20.1 Å². The number of carbonyl (C=O) groups excluding carboxylic acids is 1. The molecule has 4 atom stereocenters. The first-order valence-electron chi connectivity index (χ1n) is 13.5. The third-order valence-corrected chi connectivity index (χ3v) is 8.35. The highest BCUT2D eigenvalue weighted by Gasteiger charge is 2.35. The van der Waals surface area contributed by atoms with Gasteiger partial charge in [-0.3, -0.25) is 14.6 Å². The summed E-state index contributed by atoms with van der Waals surface area (Å²) in [5, 5.41) is 3.60. The van der Waals surface area contributed by atoms with Crippen molar-refractivity contribution in [3.63, 3.8) is 0 Å². The SMILES string of the molecule is CC1CN(C(=O)CN2C[C@@H](C)NC[C@@H]2CN2CCOCC2C)c2cc(Cc3ccc(F)cc3)c(Br)nc2O1. The molecule has 2 fully saturated rings. The average molecular weight is 591 g/mol. The zero-order valence-electron chi connectivity index (χ0n) is 22.3. The molecule has 0 spiro atoms. The van der Waals surface area contributed by atoms with E-state index in [0.717, 1.165) is 50.5 Å². The minimum Gasteiger partial charge on any atom is -0.471 e. The minimum atomic E-state index is -0.265. The van der Waals surface area contributed by atoms with E-state index in [-0.39, 0.29) is 23.9 Å². The van der Waals surface area contributed by atoms with Gasteiger partial charge in [-0.2, -0.15) is 0 Å². The number of pyridine rings is 1. The van der Waals surface area contributed by atoms with Gasteiger partial charge in [-0.15, -0.1) is 0 Å². The average Bonchev–Trinajstić information content (AvgIpc) is 2.88. The van der Waals surface area contributed by atoms with Crippen molar-refractivity contribution in [2.24, 2.45) is 0 Å². The Labute approximate surface area is 232 Å². The number of nitrogens with zero attached hydrogens (tertiary/aromatic N) is 4. The number of halogens is 2. The molecule has 2 unspecified atom stereocenters. The van der Waals surface area contributed by atoms with E-state index in [2.05, 4.69) is 49.9 Å². The van der Waals surface area contributed by atoms with Gasteiger partial charge in [0.05, 0.1) is 26.3 Å². The normalized spacial score (nSPS) is 26.6. The number of benzene rings is 1. The minimum absolute atomic E-state index is 0.0485. The Morgan fingerprint density at radius 3 is 2.74 bits per heavy atom. The molecule has 0 aliphatic carbocycles. The van der Waals surface area contributed by atoms with Gasteiger partial charge in [-0.05, 0) is 66.0 Å². The van der Waals surface area contributed by atoms with Crippen LogP contribution in [-0.4, -0.2) is 97.4 Å². The summed E-state index contributed by atoms with van der Waals surface area (Å²) in [6.45, 7) is 12.1. The maximum atomic E-state index is 13.9. The molecule has 0 saturated carbocycles. The molecular weight excluding hydrogens is 553 g/mol. The molecule has 0 bridgehead atoms. The third kappa shape index (κ3) is 6.37. The van der Waals surface area contributed by atoms with Crippen LogP contribution in [-0.2, 0) is 16.0 Å². The Balaban J connectivity index is 1.35. The zero-order chi connectivity index (χ0) is 26.8. The van der Waals surface area contributed by atoms with Crippen LogP contribution in [0.5, 0.6) is 5.88 Å². The second-order valence-corrected chi connectivity index (χ2v) is 11.6. The number of amides is 1. The van der Waals surface area contributed by atoms with E-state index in [1.165, 1.54) is 12.1 Å². The first-order valence-corrected chi connectivity index (χ1v) is 14.3. The van der Waals surface area contributed by atoms with E-state index >= 15 is 0 Å². The monoisotopic (exact) mass is 589 g/mol. The summed E-state index contributed by atoms with van der Waals surface area (Å²) in [6, 6.07) is 9.36. The molecule has 38 heavy (non-hydrogen) atoms. The summed E-state index contributed by atoms with van der Waals surface area (Å²) in [5.41, 5.74) is 2.57. The van der Waals surface area contributed by atoms with Crippen LogP contribution in [0.4, 0.5) is 10.1 Å². The number of hydrogen-bond acceptors (Lipinski definition) is 7. The van der Waals surface area contributed by atoms with Gasteiger partial charge in [0, 0.05) is 50.7 Å². The maximum absolute atomic E-state index is 13.9. The van der Waals surface area contributed by atoms with Crippen molar-refractivity contribution in [1.29, 1.82) is 0 Å². The Hall–Kier alpha value is -2.11. The molecule has 1 N–H and O–H groups in total. The summed E-state index contributed by atoms with van der Waals surface area (Å²) < 4.78 is 25.7. The fraction of sp³-hybridized carbons (Fsp3) is 0.571. The highest BCUT2D eigenvalue weighted by molar-refractivity contribution is 9.10. The highest BCUT2D eigenvalue weighted by atomic mass is 79.9. The van der Waals surface area contributed by atoms with Crippen LogP contribution < -0.4 is 15.0 Å². The quantitative estimate of drug-likeness (QED) is 0.519. The number of ether oxygens (including phenoxy) is 2. The lowest BCUT2D eigenvalue weighted by Crippen LogP contribution is -2.62. The van der Waals surface area contributed by atoms with Gasteiger partial charge in [0.25, 0.3) is 0 Å². The molecule has 0 radical (unpaired) electrons. The predicted octanol–water partition coefficient (Wildman–Crippen LogP) is 3.07. The van der Waals surface area contributed by atoms with Crippen molar-refractivity contribution in [2.45, 2.75) is 51.4 Å². The van der Waals surface area contributed by atoms with Gasteiger partial charge in [0.1, 0.15) is 22.2 Å². The smallest absolute Gasteiger partial charge is 0.241 e. The molecule has 1 amide bonds. The van der Waals surface area contributed by atoms with E-state index in [1.807, 2.05) is 17.9 Å². The molecule has 1 aromatic carbocycles. The number of fused-ring (bicyclic) bond motifs is 1. The van der Waals surface area contributed by atoms with Crippen LogP contribution in [0, 0.1) is 5.82 Å². The van der Waals surface area contributed by atoms with Gasteiger partial charge >= 0.3 is 0 Å². The van der Waals surface area contributed by atoms with Crippen LogP contribution in [0.1, 0.15) is 31.9 Å². The second kappa shape index (κ2) is 12.0. The molecule has 5 rings (SSSR count). The fourth-order valence-corrected chi connectivity index (χ4v) is 5.93. The van der Waals surface area contributed by atoms with Gasteiger partial charge in [0.15, 0.2) is 0 Å². The van der Waals surface area contributed by atoms with Crippen LogP contribution in [0.15, 0.2) is 34.9 Å². The number of anilines is 1. The Kier molecular flexibility index (Phi) is 8.64. The molecular formula is C28H37BrFN5O3. The van der Waals surface area contributed by atoms with Gasteiger partial charge < -0.3 is 19.7 Å². The molecule has 10 heteroatoms. The molecule has 3 aliphatic heterocycles. The lowest BCUT2D eigenvalue weighted by Gasteiger charge is -2.44. The Bertz CT molecular complexity index is 1140. The summed E-state index contributed by atoms with van der Waals surface area (Å²) in [6.07, 6.45) is 0.397. The summed E-state index contributed by atoms with van der Waals surface area (Å²) in [5.74, 6) is 0.241.